The lowest BCUT2D eigenvalue weighted by atomic mass is 9.96. The molecular weight excluding hydrogens is 382 g/mol. The second kappa shape index (κ2) is 7.50. The Hall–Kier alpha value is -2.49. The van der Waals surface area contributed by atoms with E-state index in [0.29, 0.717) is 31.2 Å². The fourth-order valence-electron chi connectivity index (χ4n) is 3.24. The number of pyridine rings is 1. The molecule has 8 nitrogen and oxygen atoms in total. The van der Waals surface area contributed by atoms with Crippen molar-refractivity contribution < 1.29 is 22.1 Å². The van der Waals surface area contributed by atoms with Gasteiger partial charge in [0.1, 0.15) is 0 Å². The molecular formula is C19H21N3O5S. The maximum Gasteiger partial charge on any atom is 0.274 e. The Morgan fingerprint density at radius 2 is 1.93 bits per heavy atom. The summed E-state index contributed by atoms with van der Waals surface area (Å²) in [5.74, 6) is 0.791. The van der Waals surface area contributed by atoms with Crippen molar-refractivity contribution in [3.63, 3.8) is 0 Å². The molecule has 1 fully saturated rings. The topological polar surface area (TPSA) is 107 Å². The minimum absolute atomic E-state index is 0.0331. The van der Waals surface area contributed by atoms with Crippen LogP contribution in [0.15, 0.2) is 50.7 Å². The Kier molecular flexibility index (Phi) is 5.05. The first kappa shape index (κ1) is 18.9. The summed E-state index contributed by atoms with van der Waals surface area (Å²) in [5.41, 5.74) is 2.63. The number of ether oxygens (including phenoxy) is 1. The molecule has 0 radical (unpaired) electrons. The zero-order valence-electron chi connectivity index (χ0n) is 15.6. The molecule has 1 aliphatic rings. The number of aromatic nitrogens is 2. The van der Waals surface area contributed by atoms with E-state index in [2.05, 4.69) is 14.9 Å². The third kappa shape index (κ3) is 3.73. The SMILES string of the molecule is Cc1noc(-c2ccc(S(=O)(=O)N[C@H]3COC[C@H]3Cc3ccncc3)o2)c1C. The van der Waals surface area contributed by atoms with Crippen LogP contribution in [-0.2, 0) is 21.2 Å². The highest BCUT2D eigenvalue weighted by Gasteiger charge is 2.33. The number of rotatable bonds is 6. The van der Waals surface area contributed by atoms with Gasteiger partial charge in [0, 0.05) is 23.9 Å². The van der Waals surface area contributed by atoms with E-state index in [-0.39, 0.29) is 17.1 Å². The number of nitrogens with zero attached hydrogens (tertiary/aromatic N) is 2. The van der Waals surface area contributed by atoms with Crippen LogP contribution in [0.1, 0.15) is 16.8 Å². The van der Waals surface area contributed by atoms with Crippen molar-refractivity contribution in [2.45, 2.75) is 31.4 Å². The van der Waals surface area contributed by atoms with E-state index in [0.717, 1.165) is 16.8 Å². The quantitative estimate of drug-likeness (QED) is 0.674. The zero-order chi connectivity index (χ0) is 19.7. The van der Waals surface area contributed by atoms with Gasteiger partial charge >= 0.3 is 0 Å². The van der Waals surface area contributed by atoms with Gasteiger partial charge in [0.05, 0.1) is 24.9 Å². The van der Waals surface area contributed by atoms with E-state index < -0.39 is 10.0 Å². The number of hydrogen-bond acceptors (Lipinski definition) is 7. The van der Waals surface area contributed by atoms with E-state index in [1.165, 1.54) is 6.07 Å². The lowest BCUT2D eigenvalue weighted by Crippen LogP contribution is -2.40. The minimum atomic E-state index is -3.83. The molecule has 9 heteroatoms. The van der Waals surface area contributed by atoms with Crippen molar-refractivity contribution >= 4 is 10.0 Å². The highest BCUT2D eigenvalue weighted by atomic mass is 32.2. The van der Waals surface area contributed by atoms with Crippen LogP contribution in [0.3, 0.4) is 0 Å². The molecule has 0 aliphatic carbocycles. The molecule has 2 atom stereocenters. The van der Waals surface area contributed by atoms with E-state index in [1.807, 2.05) is 26.0 Å². The van der Waals surface area contributed by atoms with Gasteiger partial charge in [-0.15, -0.1) is 0 Å². The van der Waals surface area contributed by atoms with Crippen molar-refractivity contribution in [1.29, 1.82) is 0 Å². The number of furan rings is 1. The Morgan fingerprint density at radius 3 is 2.64 bits per heavy atom. The Morgan fingerprint density at radius 1 is 1.14 bits per heavy atom. The van der Waals surface area contributed by atoms with Crippen molar-refractivity contribution in [2.75, 3.05) is 13.2 Å². The van der Waals surface area contributed by atoms with Gasteiger partial charge in [-0.2, -0.15) is 0 Å². The largest absolute Gasteiger partial charge is 0.440 e. The number of aryl methyl sites for hydroxylation is 1. The standard InChI is InChI=1S/C19H21N3O5S/c1-12-13(2)21-27-19(12)17-3-4-18(26-17)28(23,24)22-16-11-25-10-15(16)9-14-5-7-20-8-6-14/h3-8,15-16,22H,9-11H2,1-2H3/t15-,16+/m1/s1. The molecule has 3 aromatic rings. The highest BCUT2D eigenvalue weighted by Crippen LogP contribution is 2.29. The van der Waals surface area contributed by atoms with E-state index in [9.17, 15) is 8.42 Å². The summed E-state index contributed by atoms with van der Waals surface area (Å²) in [6.45, 7) is 4.47. The van der Waals surface area contributed by atoms with Crippen LogP contribution >= 0.6 is 0 Å². The lowest BCUT2D eigenvalue weighted by Gasteiger charge is -2.18. The summed E-state index contributed by atoms with van der Waals surface area (Å²) < 4.78 is 44.6. The maximum absolute atomic E-state index is 12.8. The summed E-state index contributed by atoms with van der Waals surface area (Å²) in [6.07, 6.45) is 4.15. The van der Waals surface area contributed by atoms with Crippen LogP contribution in [0.5, 0.6) is 0 Å². The van der Waals surface area contributed by atoms with Gasteiger partial charge in [-0.25, -0.2) is 13.1 Å². The first-order valence-corrected chi connectivity index (χ1v) is 10.4. The molecule has 1 aliphatic heterocycles. The van der Waals surface area contributed by atoms with Crippen LogP contribution in [0.25, 0.3) is 11.5 Å². The van der Waals surface area contributed by atoms with Crippen LogP contribution in [0.2, 0.25) is 0 Å². The van der Waals surface area contributed by atoms with Gasteiger partial charge in [0.15, 0.2) is 5.76 Å². The molecule has 0 unspecified atom stereocenters. The van der Waals surface area contributed by atoms with E-state index in [4.69, 9.17) is 13.7 Å². The Balaban J connectivity index is 1.50. The van der Waals surface area contributed by atoms with Gasteiger partial charge in [-0.05, 0) is 50.1 Å². The molecule has 4 rings (SSSR count). The molecule has 0 amide bonds. The monoisotopic (exact) mass is 403 g/mol. The van der Waals surface area contributed by atoms with Gasteiger partial charge in [0.25, 0.3) is 10.0 Å². The summed E-state index contributed by atoms with van der Waals surface area (Å²) in [5, 5.41) is 3.71. The minimum Gasteiger partial charge on any atom is -0.440 e. The average molecular weight is 403 g/mol. The smallest absolute Gasteiger partial charge is 0.274 e. The summed E-state index contributed by atoms with van der Waals surface area (Å²) in [7, 11) is -3.83. The van der Waals surface area contributed by atoms with Crippen molar-refractivity contribution in [2.24, 2.45) is 5.92 Å². The number of nitrogens with one attached hydrogen (secondary N) is 1. The van der Waals surface area contributed by atoms with Gasteiger partial charge < -0.3 is 13.7 Å². The highest BCUT2D eigenvalue weighted by molar-refractivity contribution is 7.89. The molecule has 0 spiro atoms. The second-order valence-electron chi connectivity index (χ2n) is 6.93. The van der Waals surface area contributed by atoms with Gasteiger partial charge in [0.2, 0.25) is 10.9 Å². The molecule has 3 aromatic heterocycles. The van der Waals surface area contributed by atoms with E-state index in [1.54, 1.807) is 18.5 Å². The van der Waals surface area contributed by atoms with Crippen LogP contribution in [-0.4, -0.2) is 37.8 Å². The van der Waals surface area contributed by atoms with Crippen molar-refractivity contribution in [1.82, 2.24) is 14.9 Å². The van der Waals surface area contributed by atoms with Crippen LogP contribution in [0.4, 0.5) is 0 Å². The number of sulfonamides is 1. The normalized spacial score (nSPS) is 19.9. The molecule has 1 N–H and O–H groups in total. The molecule has 0 saturated carbocycles. The third-order valence-electron chi connectivity index (χ3n) is 4.98. The predicted molar refractivity (Wildman–Crippen MR) is 100 cm³/mol. The van der Waals surface area contributed by atoms with E-state index >= 15 is 0 Å². The van der Waals surface area contributed by atoms with Gasteiger partial charge in [-0.1, -0.05) is 5.16 Å². The average Bonchev–Trinajstić information content (AvgIpc) is 3.39. The fraction of sp³-hybridized carbons (Fsp3) is 0.368. The lowest BCUT2D eigenvalue weighted by molar-refractivity contribution is 0.183. The number of hydrogen-bond donors (Lipinski definition) is 1. The molecule has 28 heavy (non-hydrogen) atoms. The molecule has 0 bridgehead atoms. The molecule has 148 valence electrons. The van der Waals surface area contributed by atoms with Crippen LogP contribution in [0, 0.1) is 19.8 Å². The summed E-state index contributed by atoms with van der Waals surface area (Å²) in [6, 6.07) is 6.50. The Labute approximate surface area is 162 Å². The predicted octanol–water partition coefficient (Wildman–Crippen LogP) is 2.48. The first-order valence-electron chi connectivity index (χ1n) is 8.96. The molecule has 4 heterocycles. The fourth-order valence-corrected chi connectivity index (χ4v) is 4.46. The van der Waals surface area contributed by atoms with Crippen molar-refractivity contribution in [3.8, 4) is 11.5 Å². The summed E-state index contributed by atoms with van der Waals surface area (Å²) >= 11 is 0. The summed E-state index contributed by atoms with van der Waals surface area (Å²) in [4.78, 5) is 4.01. The molecule has 0 aromatic carbocycles. The Bertz CT molecular complexity index is 1060. The van der Waals surface area contributed by atoms with Gasteiger partial charge in [-0.3, -0.25) is 4.98 Å². The first-order chi connectivity index (χ1) is 13.4. The second-order valence-corrected chi connectivity index (χ2v) is 8.57. The maximum atomic E-state index is 12.8. The van der Waals surface area contributed by atoms with Crippen molar-refractivity contribution in [3.05, 3.63) is 53.5 Å². The third-order valence-corrected chi connectivity index (χ3v) is 6.34. The molecule has 1 saturated heterocycles. The van der Waals surface area contributed by atoms with Crippen LogP contribution < -0.4 is 4.72 Å². The zero-order valence-corrected chi connectivity index (χ0v) is 16.4.